The smallest absolute Gasteiger partial charge is 0.247 e. The third kappa shape index (κ3) is 4.90. The molecule has 176 valence electrons. The fraction of sp³-hybridized carbons (Fsp3) is 0.154. The van der Waals surface area contributed by atoms with Gasteiger partial charge in [-0.25, -0.2) is 4.98 Å². The Bertz CT molecular complexity index is 1380. The van der Waals surface area contributed by atoms with E-state index in [0.717, 1.165) is 43.2 Å². The van der Waals surface area contributed by atoms with E-state index < -0.39 is 0 Å². The second kappa shape index (κ2) is 9.78. The van der Waals surface area contributed by atoms with Crippen molar-refractivity contribution in [3.63, 3.8) is 0 Å². The molecule has 1 saturated heterocycles. The molecule has 1 aliphatic heterocycles. The minimum absolute atomic E-state index is 0.286. The lowest BCUT2D eigenvalue weighted by atomic mass is 10.1. The monoisotopic (exact) mass is 467 g/mol. The van der Waals surface area contributed by atoms with Crippen LogP contribution in [0.15, 0.2) is 73.4 Å². The highest BCUT2D eigenvalue weighted by Crippen LogP contribution is 2.30. The Labute approximate surface area is 202 Å². The number of nitrogens with zero attached hydrogens (tertiary/aromatic N) is 4. The van der Waals surface area contributed by atoms with E-state index in [2.05, 4.69) is 44.2 Å². The highest BCUT2D eigenvalue weighted by molar-refractivity contribution is 6.01. The zero-order valence-electron chi connectivity index (χ0n) is 19.1. The molecule has 2 aromatic heterocycles. The lowest BCUT2D eigenvalue weighted by molar-refractivity contribution is -0.111. The number of benzene rings is 2. The molecule has 35 heavy (non-hydrogen) atoms. The Morgan fingerprint density at radius 3 is 2.63 bits per heavy atom. The molecule has 1 fully saturated rings. The van der Waals surface area contributed by atoms with Crippen LogP contribution in [0.5, 0.6) is 0 Å². The first-order valence-electron chi connectivity index (χ1n) is 11.3. The molecule has 0 unspecified atom stereocenters. The standard InChI is InChI=1S/C26H25N7O2/c1-2-22(34)29-19-5-3-4-17(16-19)23-24-21(10-11-28-23)25(27)32-26(31-24)30-18-6-8-20(9-7-18)33-12-14-35-15-13-33/h2-11,16H,1,12-15H2,(H,29,34)(H3,27,30,31,32). The van der Waals surface area contributed by atoms with Gasteiger partial charge in [0.2, 0.25) is 11.9 Å². The van der Waals surface area contributed by atoms with E-state index in [9.17, 15) is 4.79 Å². The average Bonchev–Trinajstić information content (AvgIpc) is 2.89. The van der Waals surface area contributed by atoms with Crippen LogP contribution in [0, 0.1) is 0 Å². The van der Waals surface area contributed by atoms with Crippen molar-refractivity contribution in [3.05, 3.63) is 73.4 Å². The summed E-state index contributed by atoms with van der Waals surface area (Å²) in [5, 5.41) is 6.72. The van der Waals surface area contributed by atoms with Crippen LogP contribution in [0.1, 0.15) is 0 Å². The van der Waals surface area contributed by atoms with E-state index in [-0.39, 0.29) is 5.91 Å². The molecule has 9 heteroatoms. The summed E-state index contributed by atoms with van der Waals surface area (Å²) < 4.78 is 5.43. The number of amides is 1. The molecular formula is C26H25N7O2. The van der Waals surface area contributed by atoms with Crippen molar-refractivity contribution in [3.8, 4) is 11.3 Å². The van der Waals surface area contributed by atoms with E-state index in [0.29, 0.717) is 34.1 Å². The summed E-state index contributed by atoms with van der Waals surface area (Å²) >= 11 is 0. The van der Waals surface area contributed by atoms with Crippen LogP contribution in [0.25, 0.3) is 22.2 Å². The van der Waals surface area contributed by atoms with Gasteiger partial charge in [0.05, 0.1) is 18.9 Å². The number of hydrogen-bond acceptors (Lipinski definition) is 8. The number of morpholine rings is 1. The molecule has 9 nitrogen and oxygen atoms in total. The number of nitrogens with one attached hydrogen (secondary N) is 2. The maximum atomic E-state index is 11.7. The zero-order chi connectivity index (χ0) is 24.2. The van der Waals surface area contributed by atoms with E-state index in [1.807, 2.05) is 30.3 Å². The van der Waals surface area contributed by atoms with Crippen LogP contribution >= 0.6 is 0 Å². The molecule has 4 aromatic rings. The first-order chi connectivity index (χ1) is 17.1. The third-order valence-electron chi connectivity index (χ3n) is 5.73. The number of hydrogen-bond donors (Lipinski definition) is 3. The number of ether oxygens (including phenoxy) is 1. The minimum Gasteiger partial charge on any atom is -0.383 e. The highest BCUT2D eigenvalue weighted by atomic mass is 16.5. The van der Waals surface area contributed by atoms with Gasteiger partial charge < -0.3 is 26.0 Å². The number of carbonyl (C=O) groups is 1. The summed E-state index contributed by atoms with van der Waals surface area (Å²) in [4.78, 5) is 27.7. The number of anilines is 5. The van der Waals surface area contributed by atoms with E-state index in [4.69, 9.17) is 15.5 Å². The summed E-state index contributed by atoms with van der Waals surface area (Å²) in [7, 11) is 0. The minimum atomic E-state index is -0.286. The van der Waals surface area contributed by atoms with Gasteiger partial charge in [0.15, 0.2) is 0 Å². The summed E-state index contributed by atoms with van der Waals surface area (Å²) in [5.41, 5.74) is 10.9. The lowest BCUT2D eigenvalue weighted by Crippen LogP contribution is -2.36. The normalized spacial score (nSPS) is 13.4. The first kappa shape index (κ1) is 22.3. The van der Waals surface area contributed by atoms with Crippen LogP contribution in [0.3, 0.4) is 0 Å². The molecule has 0 radical (unpaired) electrons. The van der Waals surface area contributed by atoms with Crippen molar-refractivity contribution in [2.75, 3.05) is 47.6 Å². The maximum Gasteiger partial charge on any atom is 0.247 e. The predicted molar refractivity (Wildman–Crippen MR) is 139 cm³/mol. The van der Waals surface area contributed by atoms with Gasteiger partial charge >= 0.3 is 0 Å². The molecule has 0 aliphatic carbocycles. The summed E-state index contributed by atoms with van der Waals surface area (Å²) in [6.45, 7) is 6.73. The van der Waals surface area contributed by atoms with Crippen molar-refractivity contribution in [1.82, 2.24) is 15.0 Å². The van der Waals surface area contributed by atoms with Crippen molar-refractivity contribution >= 4 is 45.6 Å². The summed E-state index contributed by atoms with van der Waals surface area (Å²) in [5.74, 6) is 0.437. The van der Waals surface area contributed by atoms with Crippen LogP contribution in [-0.4, -0.2) is 47.2 Å². The van der Waals surface area contributed by atoms with E-state index >= 15 is 0 Å². The van der Waals surface area contributed by atoms with Gasteiger partial charge in [0, 0.05) is 47.3 Å². The number of nitrogen functional groups attached to an aromatic ring is 1. The maximum absolute atomic E-state index is 11.7. The third-order valence-corrected chi connectivity index (χ3v) is 5.73. The van der Waals surface area contributed by atoms with E-state index in [1.54, 1.807) is 18.3 Å². The molecule has 1 amide bonds. The van der Waals surface area contributed by atoms with Crippen LogP contribution in [-0.2, 0) is 9.53 Å². The molecule has 5 rings (SSSR count). The largest absolute Gasteiger partial charge is 0.383 e. The Morgan fingerprint density at radius 1 is 1.06 bits per heavy atom. The molecule has 0 saturated carbocycles. The second-order valence-corrected chi connectivity index (χ2v) is 8.03. The highest BCUT2D eigenvalue weighted by Gasteiger charge is 2.14. The van der Waals surface area contributed by atoms with Gasteiger partial charge in [-0.2, -0.15) is 4.98 Å². The first-order valence-corrected chi connectivity index (χ1v) is 11.3. The Hall–Kier alpha value is -4.50. The molecular weight excluding hydrogens is 442 g/mol. The van der Waals surface area contributed by atoms with Crippen molar-refractivity contribution < 1.29 is 9.53 Å². The Balaban J connectivity index is 1.45. The van der Waals surface area contributed by atoms with Crippen LogP contribution in [0.2, 0.25) is 0 Å². The topological polar surface area (TPSA) is 118 Å². The van der Waals surface area contributed by atoms with Gasteiger partial charge in [-0.3, -0.25) is 9.78 Å². The fourth-order valence-electron chi connectivity index (χ4n) is 3.99. The molecule has 0 bridgehead atoms. The van der Waals surface area contributed by atoms with Gasteiger partial charge in [0.1, 0.15) is 11.3 Å². The Morgan fingerprint density at radius 2 is 1.86 bits per heavy atom. The van der Waals surface area contributed by atoms with Crippen molar-refractivity contribution in [2.24, 2.45) is 0 Å². The zero-order valence-corrected chi connectivity index (χ0v) is 19.1. The Kier molecular flexibility index (Phi) is 6.23. The van der Waals surface area contributed by atoms with E-state index in [1.165, 1.54) is 6.08 Å². The fourth-order valence-corrected chi connectivity index (χ4v) is 3.99. The predicted octanol–water partition coefficient (Wildman–Crippen LogP) is 3.98. The quantitative estimate of drug-likeness (QED) is 0.365. The van der Waals surface area contributed by atoms with Crippen molar-refractivity contribution in [2.45, 2.75) is 0 Å². The number of rotatable bonds is 6. The lowest BCUT2D eigenvalue weighted by Gasteiger charge is -2.28. The molecule has 2 aromatic carbocycles. The second-order valence-electron chi connectivity index (χ2n) is 8.03. The number of carbonyl (C=O) groups excluding carboxylic acids is 1. The van der Waals surface area contributed by atoms with Gasteiger partial charge in [0.25, 0.3) is 0 Å². The van der Waals surface area contributed by atoms with Gasteiger partial charge in [-0.15, -0.1) is 0 Å². The molecule has 1 aliphatic rings. The number of aromatic nitrogens is 3. The molecule has 0 atom stereocenters. The molecule has 0 spiro atoms. The van der Waals surface area contributed by atoms with Gasteiger partial charge in [-0.05, 0) is 48.5 Å². The SMILES string of the molecule is C=CC(=O)Nc1cccc(-c2nccc3c(N)nc(Nc4ccc(N5CCOCC5)cc4)nc23)c1. The summed E-state index contributed by atoms with van der Waals surface area (Å²) in [6.07, 6.45) is 2.89. The van der Waals surface area contributed by atoms with Crippen LogP contribution in [0.4, 0.5) is 28.8 Å². The number of fused-ring (bicyclic) bond motifs is 1. The number of nitrogens with two attached hydrogens (primary N) is 1. The summed E-state index contributed by atoms with van der Waals surface area (Å²) in [6, 6.07) is 17.3. The van der Waals surface area contributed by atoms with Crippen LogP contribution < -0.4 is 21.3 Å². The molecule has 3 heterocycles. The molecule has 4 N–H and O–H groups in total. The van der Waals surface area contributed by atoms with Crippen molar-refractivity contribution in [1.29, 1.82) is 0 Å². The van der Waals surface area contributed by atoms with Gasteiger partial charge in [-0.1, -0.05) is 18.7 Å². The number of pyridine rings is 1. The average molecular weight is 468 g/mol.